The first kappa shape index (κ1) is 12.3. The average Bonchev–Trinajstić information content (AvgIpc) is 2.63. The zero-order valence-corrected chi connectivity index (χ0v) is 11.3. The van der Waals surface area contributed by atoms with E-state index in [4.69, 9.17) is 22.7 Å². The van der Waals surface area contributed by atoms with Crippen molar-refractivity contribution in [1.29, 1.82) is 5.41 Å². The minimum absolute atomic E-state index is 0.0189. The monoisotopic (exact) mass is 284 g/mol. The number of hydrogen-bond donors (Lipinski definition) is 2. The highest BCUT2D eigenvalue weighted by Gasteiger charge is 2.10. The highest BCUT2D eigenvalue weighted by atomic mass is 35.5. The first-order valence-electron chi connectivity index (χ1n) is 4.68. The van der Waals surface area contributed by atoms with Crippen molar-refractivity contribution in [3.05, 3.63) is 33.8 Å². The second-order valence-electron chi connectivity index (χ2n) is 3.24. The maximum Gasteiger partial charge on any atom is 0.179 e. The Morgan fingerprint density at radius 3 is 2.82 bits per heavy atom. The van der Waals surface area contributed by atoms with Crippen molar-refractivity contribution in [3.63, 3.8) is 0 Å². The van der Waals surface area contributed by atoms with E-state index in [1.165, 1.54) is 23.1 Å². The molecule has 0 aliphatic carbocycles. The van der Waals surface area contributed by atoms with E-state index in [1.54, 1.807) is 18.2 Å². The summed E-state index contributed by atoms with van der Waals surface area (Å²) >= 11 is 8.85. The lowest BCUT2D eigenvalue weighted by Gasteiger charge is -2.06. The molecular formula is C10H9ClN4S2. The van der Waals surface area contributed by atoms with Gasteiger partial charge in [-0.25, -0.2) is 0 Å². The molecule has 1 aromatic heterocycles. The second-order valence-corrected chi connectivity index (χ2v) is 6.15. The minimum Gasteiger partial charge on any atom is -0.384 e. The van der Waals surface area contributed by atoms with E-state index >= 15 is 0 Å². The number of hydrogen-bond acceptors (Lipinski definition) is 5. The maximum absolute atomic E-state index is 7.51. The predicted octanol–water partition coefficient (Wildman–Crippen LogP) is 2.94. The van der Waals surface area contributed by atoms with E-state index < -0.39 is 0 Å². The van der Waals surface area contributed by atoms with E-state index in [0.717, 1.165) is 14.2 Å². The number of amidine groups is 1. The molecule has 3 N–H and O–H groups in total. The summed E-state index contributed by atoms with van der Waals surface area (Å²) in [7, 11) is 0. The first-order chi connectivity index (χ1) is 8.06. The van der Waals surface area contributed by atoms with Gasteiger partial charge in [-0.05, 0) is 25.1 Å². The topological polar surface area (TPSA) is 75.7 Å². The molecule has 7 heteroatoms. The molecule has 4 nitrogen and oxygen atoms in total. The van der Waals surface area contributed by atoms with Crippen LogP contribution in [-0.4, -0.2) is 16.0 Å². The molecule has 0 fully saturated rings. The fourth-order valence-corrected chi connectivity index (χ4v) is 3.41. The zero-order chi connectivity index (χ0) is 12.4. The smallest absolute Gasteiger partial charge is 0.179 e. The van der Waals surface area contributed by atoms with Gasteiger partial charge in [0.25, 0.3) is 0 Å². The van der Waals surface area contributed by atoms with Crippen LogP contribution in [0.2, 0.25) is 5.02 Å². The molecule has 17 heavy (non-hydrogen) atoms. The van der Waals surface area contributed by atoms with Crippen molar-refractivity contribution in [2.45, 2.75) is 16.2 Å². The Kier molecular flexibility index (Phi) is 3.66. The summed E-state index contributed by atoms with van der Waals surface area (Å²) in [6.07, 6.45) is 0. The van der Waals surface area contributed by atoms with Crippen LogP contribution in [-0.2, 0) is 0 Å². The van der Waals surface area contributed by atoms with E-state index in [-0.39, 0.29) is 5.84 Å². The van der Waals surface area contributed by atoms with Crippen LogP contribution < -0.4 is 5.73 Å². The fourth-order valence-electron chi connectivity index (χ4n) is 1.22. The van der Waals surface area contributed by atoms with Crippen molar-refractivity contribution in [3.8, 4) is 0 Å². The third-order valence-corrected chi connectivity index (χ3v) is 4.12. The summed E-state index contributed by atoms with van der Waals surface area (Å²) in [6, 6.07) is 5.23. The molecule has 0 amide bonds. The molecule has 88 valence electrons. The summed E-state index contributed by atoms with van der Waals surface area (Å²) < 4.78 is 0.812. The van der Waals surface area contributed by atoms with Crippen LogP contribution in [0.1, 0.15) is 10.6 Å². The molecule has 0 aliphatic rings. The molecular weight excluding hydrogens is 276 g/mol. The zero-order valence-electron chi connectivity index (χ0n) is 8.90. The number of nitrogen functional groups attached to an aromatic ring is 1. The number of nitrogens with zero attached hydrogens (tertiary/aromatic N) is 2. The maximum atomic E-state index is 7.51. The third kappa shape index (κ3) is 2.96. The lowest BCUT2D eigenvalue weighted by atomic mass is 10.2. The molecule has 0 spiro atoms. The van der Waals surface area contributed by atoms with Crippen LogP contribution in [0.15, 0.2) is 27.4 Å². The van der Waals surface area contributed by atoms with Crippen molar-refractivity contribution >= 4 is 40.5 Å². The Morgan fingerprint density at radius 2 is 2.24 bits per heavy atom. The van der Waals surface area contributed by atoms with Gasteiger partial charge in [-0.2, -0.15) is 0 Å². The first-order valence-corrected chi connectivity index (χ1v) is 6.69. The lowest BCUT2D eigenvalue weighted by Crippen LogP contribution is -2.12. The number of benzene rings is 1. The average molecular weight is 285 g/mol. The quantitative estimate of drug-likeness (QED) is 0.671. The summed E-state index contributed by atoms with van der Waals surface area (Å²) in [5, 5.41) is 17.0. The predicted molar refractivity (Wildman–Crippen MR) is 71.2 cm³/mol. The second kappa shape index (κ2) is 5.03. The van der Waals surface area contributed by atoms with E-state index in [0.29, 0.717) is 10.6 Å². The Bertz CT molecular complexity index is 567. The number of halogens is 1. The number of aromatic nitrogens is 2. The normalized spacial score (nSPS) is 10.5. The highest BCUT2D eigenvalue weighted by molar-refractivity contribution is 8.01. The highest BCUT2D eigenvalue weighted by Crippen LogP contribution is 2.33. The van der Waals surface area contributed by atoms with E-state index in [2.05, 4.69) is 10.2 Å². The van der Waals surface area contributed by atoms with E-state index in [1.807, 2.05) is 6.92 Å². The van der Waals surface area contributed by atoms with Crippen molar-refractivity contribution in [2.24, 2.45) is 5.73 Å². The summed E-state index contributed by atoms with van der Waals surface area (Å²) in [5.41, 5.74) is 6.18. The molecule has 2 aromatic rings. The Labute approximate surface area is 112 Å². The van der Waals surface area contributed by atoms with Gasteiger partial charge in [0, 0.05) is 15.5 Å². The Hall–Kier alpha value is -1.11. The van der Waals surface area contributed by atoms with Crippen molar-refractivity contribution in [1.82, 2.24) is 10.2 Å². The standard InChI is InChI=1S/C10H9ClN4S2/c1-5-14-15-10(16-5)17-8-4-6(11)2-3-7(8)9(12)13/h2-4H,1H3,(H3,12,13). The van der Waals surface area contributed by atoms with Crippen LogP contribution in [0, 0.1) is 12.3 Å². The summed E-state index contributed by atoms with van der Waals surface area (Å²) in [5.74, 6) is 0.0189. The Balaban J connectivity index is 2.37. The van der Waals surface area contributed by atoms with Gasteiger partial charge in [0.1, 0.15) is 10.8 Å². The molecule has 0 aliphatic heterocycles. The van der Waals surface area contributed by atoms with Gasteiger partial charge in [0.2, 0.25) is 0 Å². The molecule has 0 bridgehead atoms. The van der Waals surface area contributed by atoms with Gasteiger partial charge >= 0.3 is 0 Å². The van der Waals surface area contributed by atoms with Crippen molar-refractivity contribution < 1.29 is 0 Å². The van der Waals surface area contributed by atoms with Gasteiger partial charge in [0.15, 0.2) is 4.34 Å². The largest absolute Gasteiger partial charge is 0.384 e. The Morgan fingerprint density at radius 1 is 1.47 bits per heavy atom. The fraction of sp³-hybridized carbons (Fsp3) is 0.100. The molecule has 1 heterocycles. The summed E-state index contributed by atoms with van der Waals surface area (Å²) in [4.78, 5) is 0.821. The van der Waals surface area contributed by atoms with Gasteiger partial charge < -0.3 is 5.73 Å². The molecule has 0 atom stereocenters. The van der Waals surface area contributed by atoms with Crippen LogP contribution in [0.25, 0.3) is 0 Å². The molecule has 0 saturated heterocycles. The van der Waals surface area contributed by atoms with Crippen LogP contribution in [0.4, 0.5) is 0 Å². The summed E-state index contributed by atoms with van der Waals surface area (Å²) in [6.45, 7) is 1.89. The van der Waals surface area contributed by atoms with Crippen LogP contribution in [0.3, 0.4) is 0 Å². The van der Waals surface area contributed by atoms with Crippen molar-refractivity contribution in [2.75, 3.05) is 0 Å². The molecule has 0 radical (unpaired) electrons. The number of rotatable bonds is 3. The molecule has 2 rings (SSSR count). The lowest BCUT2D eigenvalue weighted by molar-refractivity contribution is 0.983. The minimum atomic E-state index is 0.0189. The van der Waals surface area contributed by atoms with Gasteiger partial charge in [-0.3, -0.25) is 5.41 Å². The van der Waals surface area contributed by atoms with Gasteiger partial charge in [-0.1, -0.05) is 34.7 Å². The van der Waals surface area contributed by atoms with E-state index in [9.17, 15) is 0 Å². The van der Waals surface area contributed by atoms with Gasteiger partial charge in [-0.15, -0.1) is 10.2 Å². The molecule has 0 saturated carbocycles. The third-order valence-electron chi connectivity index (χ3n) is 1.94. The van der Waals surface area contributed by atoms with Crippen LogP contribution in [0.5, 0.6) is 0 Å². The number of aryl methyl sites for hydroxylation is 1. The molecule has 1 aromatic carbocycles. The van der Waals surface area contributed by atoms with Crippen LogP contribution >= 0.6 is 34.7 Å². The van der Waals surface area contributed by atoms with Gasteiger partial charge in [0.05, 0.1) is 0 Å². The number of nitrogens with two attached hydrogens (primary N) is 1. The molecule has 0 unspecified atom stereocenters. The number of nitrogens with one attached hydrogen (secondary N) is 1. The SMILES string of the molecule is Cc1nnc(Sc2cc(Cl)ccc2C(=N)N)s1.